The summed E-state index contributed by atoms with van der Waals surface area (Å²) in [7, 11) is 0. The highest BCUT2D eigenvalue weighted by atomic mass is 35.5. The van der Waals surface area contributed by atoms with Crippen molar-refractivity contribution >= 4 is 52.1 Å². The summed E-state index contributed by atoms with van der Waals surface area (Å²) in [5.74, 6) is -1.76. The molecule has 2 heterocycles. The van der Waals surface area contributed by atoms with Gasteiger partial charge in [-0.2, -0.15) is 0 Å². The van der Waals surface area contributed by atoms with Crippen LogP contribution in [0.1, 0.15) is 73.6 Å². The van der Waals surface area contributed by atoms with Crippen LogP contribution in [-0.4, -0.2) is 76.9 Å². The van der Waals surface area contributed by atoms with E-state index in [1.807, 2.05) is 6.07 Å². The van der Waals surface area contributed by atoms with Gasteiger partial charge in [0.2, 0.25) is 5.91 Å². The topological polar surface area (TPSA) is 159 Å². The number of hydrogen-bond donors (Lipinski definition) is 4. The van der Waals surface area contributed by atoms with E-state index in [-0.39, 0.29) is 42.1 Å². The van der Waals surface area contributed by atoms with Gasteiger partial charge in [0.25, 0.3) is 5.91 Å². The van der Waals surface area contributed by atoms with Gasteiger partial charge >= 0.3 is 12.1 Å². The van der Waals surface area contributed by atoms with Gasteiger partial charge < -0.3 is 39.8 Å². The second kappa shape index (κ2) is 13.6. The SMILES string of the molecule is C[C@@H](Oc1cc(CNC(=O)OC(C)(C)C)ccc1NC(=O)C[C@@H]1CCc2cc(Cl)cc3[nH]c(C(=O)O)c1c23)C(=O)N1CCOCC1. The standard InChI is InChI=1S/C33H39ClN4O8/c1-18(30(40)38-9-11-44-12-10-38)45-25-13-19(17-35-32(43)46-33(2,3)4)5-8-23(25)36-26(39)15-21-7-6-20-14-22(34)16-24-27(20)28(21)29(37-24)31(41)42/h5,8,13-14,16,18,21,37H,6-7,9-12,15,17H2,1-4H3,(H,35,43)(H,36,39)(H,41,42)/t18-,21+/m1/s1. The lowest BCUT2D eigenvalue weighted by Crippen LogP contribution is -2.46. The second-order valence-electron chi connectivity index (χ2n) is 12.6. The molecule has 3 aromatic rings. The summed E-state index contributed by atoms with van der Waals surface area (Å²) in [4.78, 5) is 55.7. The van der Waals surface area contributed by atoms with E-state index in [9.17, 15) is 24.3 Å². The van der Waals surface area contributed by atoms with Crippen LogP contribution in [0.2, 0.25) is 5.02 Å². The van der Waals surface area contributed by atoms with Gasteiger partial charge in [-0.25, -0.2) is 9.59 Å². The molecule has 3 amide bonds. The number of amides is 3. The Kier molecular flexibility index (Phi) is 9.78. The van der Waals surface area contributed by atoms with Crippen molar-refractivity contribution in [1.29, 1.82) is 0 Å². The predicted molar refractivity (Wildman–Crippen MR) is 172 cm³/mol. The number of rotatable bonds is 9. The quantitative estimate of drug-likeness (QED) is 0.244. The number of aromatic nitrogens is 1. The van der Waals surface area contributed by atoms with Crippen molar-refractivity contribution in [3.05, 3.63) is 57.7 Å². The molecule has 0 unspecified atom stereocenters. The Bertz CT molecular complexity index is 1660. The van der Waals surface area contributed by atoms with E-state index >= 15 is 0 Å². The summed E-state index contributed by atoms with van der Waals surface area (Å²) in [5.41, 5.74) is 2.57. The molecule has 13 heteroatoms. The predicted octanol–water partition coefficient (Wildman–Crippen LogP) is 5.23. The number of aromatic amines is 1. The van der Waals surface area contributed by atoms with Crippen LogP contribution < -0.4 is 15.4 Å². The van der Waals surface area contributed by atoms with Gasteiger partial charge in [0.1, 0.15) is 17.0 Å². The van der Waals surface area contributed by atoms with Crippen molar-refractivity contribution in [2.75, 3.05) is 31.6 Å². The van der Waals surface area contributed by atoms with Gasteiger partial charge in [-0.1, -0.05) is 17.7 Å². The van der Waals surface area contributed by atoms with Crippen molar-refractivity contribution in [2.45, 2.75) is 71.1 Å². The van der Waals surface area contributed by atoms with Gasteiger partial charge in [0.05, 0.1) is 18.9 Å². The summed E-state index contributed by atoms with van der Waals surface area (Å²) >= 11 is 6.27. The van der Waals surface area contributed by atoms with Gasteiger partial charge in [-0.05, 0) is 87.4 Å². The molecule has 5 rings (SSSR count). The molecule has 0 radical (unpaired) electrons. The fraction of sp³-hybridized carbons (Fsp3) is 0.455. The van der Waals surface area contributed by atoms with E-state index in [0.717, 1.165) is 10.9 Å². The van der Waals surface area contributed by atoms with Crippen LogP contribution >= 0.6 is 11.6 Å². The molecule has 1 fully saturated rings. The number of H-pyrrole nitrogens is 1. The Morgan fingerprint density at radius 1 is 1.15 bits per heavy atom. The molecule has 46 heavy (non-hydrogen) atoms. The van der Waals surface area contributed by atoms with E-state index in [1.54, 1.807) is 56.9 Å². The zero-order valence-electron chi connectivity index (χ0n) is 26.3. The van der Waals surface area contributed by atoms with Crippen LogP contribution in [-0.2, 0) is 32.0 Å². The minimum absolute atomic E-state index is 0.0267. The first kappa shape index (κ1) is 33.1. The molecule has 4 N–H and O–H groups in total. The van der Waals surface area contributed by atoms with Crippen LogP contribution in [0.3, 0.4) is 0 Å². The number of ether oxygens (including phenoxy) is 3. The van der Waals surface area contributed by atoms with Crippen molar-refractivity contribution in [2.24, 2.45) is 0 Å². The van der Waals surface area contributed by atoms with Crippen molar-refractivity contribution < 1.29 is 38.5 Å². The van der Waals surface area contributed by atoms with Crippen LogP contribution in [0.5, 0.6) is 5.75 Å². The third-order valence-electron chi connectivity index (χ3n) is 7.93. The third-order valence-corrected chi connectivity index (χ3v) is 8.15. The molecule has 2 atom stereocenters. The number of aromatic carboxylic acids is 1. The molecular weight excluding hydrogens is 616 g/mol. The maximum atomic E-state index is 13.5. The summed E-state index contributed by atoms with van der Waals surface area (Å²) in [6.45, 7) is 8.88. The molecule has 12 nitrogen and oxygen atoms in total. The van der Waals surface area contributed by atoms with Gasteiger partial charge in [0, 0.05) is 42.0 Å². The lowest BCUT2D eigenvalue weighted by molar-refractivity contribution is -0.142. The summed E-state index contributed by atoms with van der Waals surface area (Å²) in [6.07, 6.45) is -0.209. The number of carbonyl (C=O) groups excluding carboxylic acids is 3. The Morgan fingerprint density at radius 2 is 1.89 bits per heavy atom. The first-order valence-electron chi connectivity index (χ1n) is 15.3. The van der Waals surface area contributed by atoms with Crippen molar-refractivity contribution in [3.8, 4) is 5.75 Å². The number of nitrogens with one attached hydrogen (secondary N) is 3. The number of hydrogen-bond acceptors (Lipinski definition) is 7. The average Bonchev–Trinajstić information content (AvgIpc) is 3.38. The molecule has 1 aromatic heterocycles. The van der Waals surface area contributed by atoms with Crippen molar-refractivity contribution in [3.63, 3.8) is 0 Å². The maximum Gasteiger partial charge on any atom is 0.407 e. The van der Waals surface area contributed by atoms with Gasteiger partial charge in [0.15, 0.2) is 6.10 Å². The number of morpholine rings is 1. The third kappa shape index (κ3) is 7.73. The number of nitrogens with zero attached hydrogens (tertiary/aromatic N) is 1. The Balaban J connectivity index is 1.36. The molecule has 1 saturated heterocycles. The lowest BCUT2D eigenvalue weighted by atomic mass is 9.81. The number of halogens is 1. The monoisotopic (exact) mass is 654 g/mol. The number of carboxylic acid groups (broad SMARTS) is 1. The number of alkyl carbamates (subject to hydrolysis) is 1. The number of carboxylic acids is 1. The Labute approximate surface area is 271 Å². The van der Waals surface area contributed by atoms with Crippen LogP contribution in [0.25, 0.3) is 10.9 Å². The lowest BCUT2D eigenvalue weighted by Gasteiger charge is -2.29. The molecule has 0 saturated carbocycles. The summed E-state index contributed by atoms with van der Waals surface area (Å²) in [6, 6.07) is 8.58. The molecule has 1 aliphatic carbocycles. The highest BCUT2D eigenvalue weighted by Gasteiger charge is 2.32. The van der Waals surface area contributed by atoms with E-state index in [2.05, 4.69) is 15.6 Å². The van der Waals surface area contributed by atoms with E-state index < -0.39 is 23.8 Å². The first-order chi connectivity index (χ1) is 21.8. The molecule has 2 aromatic carbocycles. The number of carbonyl (C=O) groups is 4. The zero-order valence-corrected chi connectivity index (χ0v) is 27.1. The highest BCUT2D eigenvalue weighted by Crippen LogP contribution is 2.42. The van der Waals surface area contributed by atoms with Crippen molar-refractivity contribution in [1.82, 2.24) is 15.2 Å². The highest BCUT2D eigenvalue weighted by molar-refractivity contribution is 6.31. The van der Waals surface area contributed by atoms with Crippen LogP contribution in [0, 0.1) is 0 Å². The van der Waals surface area contributed by atoms with Gasteiger partial charge in [-0.3, -0.25) is 9.59 Å². The summed E-state index contributed by atoms with van der Waals surface area (Å²) in [5, 5.41) is 16.9. The maximum absolute atomic E-state index is 13.5. The first-order valence-corrected chi connectivity index (χ1v) is 15.7. The van der Waals surface area contributed by atoms with Crippen LogP contribution in [0.15, 0.2) is 30.3 Å². The van der Waals surface area contributed by atoms with Crippen LogP contribution in [0.4, 0.5) is 10.5 Å². The number of aryl methyl sites for hydroxylation is 1. The average molecular weight is 655 g/mol. The normalized spacial score (nSPS) is 16.9. The number of anilines is 1. The Morgan fingerprint density at radius 3 is 2.59 bits per heavy atom. The van der Waals surface area contributed by atoms with E-state index in [1.165, 1.54) is 0 Å². The van der Waals surface area contributed by atoms with E-state index in [4.69, 9.17) is 25.8 Å². The fourth-order valence-electron chi connectivity index (χ4n) is 5.93. The van der Waals surface area contributed by atoms with E-state index in [0.29, 0.717) is 66.5 Å². The Hall–Kier alpha value is -4.29. The molecule has 1 aliphatic heterocycles. The molecule has 0 bridgehead atoms. The molecule has 0 spiro atoms. The minimum atomic E-state index is -1.11. The molecule has 2 aliphatic rings. The molecular formula is C33H39ClN4O8. The second-order valence-corrected chi connectivity index (χ2v) is 13.0. The fourth-order valence-corrected chi connectivity index (χ4v) is 6.17. The summed E-state index contributed by atoms with van der Waals surface area (Å²) < 4.78 is 16.8. The van der Waals surface area contributed by atoms with Gasteiger partial charge in [-0.15, -0.1) is 0 Å². The zero-order chi connectivity index (χ0) is 33.2. The molecule has 246 valence electrons. The number of benzene rings is 2. The minimum Gasteiger partial charge on any atom is -0.479 e. The smallest absolute Gasteiger partial charge is 0.407 e. The largest absolute Gasteiger partial charge is 0.479 e.